The average molecular weight is 346 g/mol. The molecule has 26 heavy (non-hydrogen) atoms. The third-order valence-electron chi connectivity index (χ3n) is 4.16. The van der Waals surface area contributed by atoms with E-state index in [4.69, 9.17) is 9.47 Å². The Hall–Kier alpha value is -3.34. The Morgan fingerprint density at radius 2 is 1.73 bits per heavy atom. The molecule has 1 amide bonds. The van der Waals surface area contributed by atoms with Crippen molar-refractivity contribution in [1.29, 1.82) is 0 Å². The van der Waals surface area contributed by atoms with E-state index >= 15 is 0 Å². The standard InChI is InChI=1S/C21H18N2O3/c24-21-19-12-7-13-22-20(19)26-18(15-25-17-10-5-2-6-11-17)14-23(21)16-8-3-1-4-9-16/h1-13,18H,14-15H2. The number of benzene rings is 2. The van der Waals surface area contributed by atoms with Crippen LogP contribution in [0.3, 0.4) is 0 Å². The van der Waals surface area contributed by atoms with Crippen LogP contribution < -0.4 is 14.4 Å². The van der Waals surface area contributed by atoms with Gasteiger partial charge in [0.1, 0.15) is 17.9 Å². The van der Waals surface area contributed by atoms with Crippen molar-refractivity contribution in [3.05, 3.63) is 84.6 Å². The Bertz CT molecular complexity index is 884. The second-order valence-corrected chi connectivity index (χ2v) is 5.97. The van der Waals surface area contributed by atoms with E-state index in [-0.39, 0.29) is 12.0 Å². The van der Waals surface area contributed by atoms with Crippen molar-refractivity contribution in [3.8, 4) is 11.6 Å². The van der Waals surface area contributed by atoms with Crippen LogP contribution >= 0.6 is 0 Å². The molecule has 1 aromatic heterocycles. The first-order valence-electron chi connectivity index (χ1n) is 8.48. The Balaban J connectivity index is 1.62. The summed E-state index contributed by atoms with van der Waals surface area (Å²) in [5.74, 6) is 0.985. The number of amides is 1. The minimum absolute atomic E-state index is 0.124. The normalized spacial score (nSPS) is 16.4. The molecule has 2 aromatic carbocycles. The largest absolute Gasteiger partial charge is 0.490 e. The van der Waals surface area contributed by atoms with Crippen molar-refractivity contribution in [2.45, 2.75) is 6.10 Å². The Morgan fingerprint density at radius 3 is 2.50 bits per heavy atom. The molecular weight excluding hydrogens is 328 g/mol. The van der Waals surface area contributed by atoms with Crippen LogP contribution in [0.2, 0.25) is 0 Å². The summed E-state index contributed by atoms with van der Waals surface area (Å²) in [4.78, 5) is 19.0. The van der Waals surface area contributed by atoms with E-state index in [9.17, 15) is 4.79 Å². The first-order chi connectivity index (χ1) is 12.8. The minimum Gasteiger partial charge on any atom is -0.490 e. The second kappa shape index (κ2) is 7.27. The summed E-state index contributed by atoms with van der Waals surface area (Å²) in [5.41, 5.74) is 1.28. The molecule has 0 aliphatic carbocycles. The lowest BCUT2D eigenvalue weighted by atomic mass is 10.2. The summed E-state index contributed by atoms with van der Waals surface area (Å²) < 4.78 is 11.8. The number of nitrogens with zero attached hydrogens (tertiary/aromatic N) is 2. The van der Waals surface area contributed by atoms with Gasteiger partial charge in [0.05, 0.1) is 6.54 Å². The van der Waals surface area contributed by atoms with Crippen LogP contribution in [0.15, 0.2) is 79.0 Å². The molecule has 5 nitrogen and oxygen atoms in total. The third kappa shape index (κ3) is 3.37. The van der Waals surface area contributed by atoms with Gasteiger partial charge in [0.15, 0.2) is 6.10 Å². The highest BCUT2D eigenvalue weighted by molar-refractivity contribution is 6.07. The summed E-state index contributed by atoms with van der Waals surface area (Å²) in [7, 11) is 0. The molecule has 1 aliphatic heterocycles. The molecule has 1 atom stereocenters. The van der Waals surface area contributed by atoms with Crippen molar-refractivity contribution in [3.63, 3.8) is 0 Å². The maximum Gasteiger partial charge on any atom is 0.263 e. The number of carbonyl (C=O) groups excluding carboxylic acids is 1. The number of aromatic nitrogens is 1. The second-order valence-electron chi connectivity index (χ2n) is 5.97. The fraction of sp³-hybridized carbons (Fsp3) is 0.143. The van der Waals surface area contributed by atoms with E-state index < -0.39 is 0 Å². The number of pyridine rings is 1. The minimum atomic E-state index is -0.337. The number of anilines is 1. The molecule has 0 fully saturated rings. The number of carbonyl (C=O) groups is 1. The first kappa shape index (κ1) is 16.1. The zero-order chi connectivity index (χ0) is 17.8. The van der Waals surface area contributed by atoms with Gasteiger partial charge in [0, 0.05) is 11.9 Å². The summed E-state index contributed by atoms with van der Waals surface area (Å²) in [6, 6.07) is 22.6. The lowest BCUT2D eigenvalue weighted by molar-refractivity contribution is 0.0980. The first-order valence-corrected chi connectivity index (χ1v) is 8.48. The van der Waals surface area contributed by atoms with Crippen LogP contribution in [0.25, 0.3) is 0 Å². The fourth-order valence-corrected chi connectivity index (χ4v) is 2.90. The third-order valence-corrected chi connectivity index (χ3v) is 4.16. The maximum atomic E-state index is 13.0. The summed E-state index contributed by atoms with van der Waals surface area (Å²) in [6.07, 6.45) is 1.29. The number of ether oxygens (including phenoxy) is 2. The fourth-order valence-electron chi connectivity index (χ4n) is 2.90. The van der Waals surface area contributed by atoms with Gasteiger partial charge >= 0.3 is 0 Å². The predicted molar refractivity (Wildman–Crippen MR) is 98.7 cm³/mol. The quantitative estimate of drug-likeness (QED) is 0.725. The average Bonchev–Trinajstić information content (AvgIpc) is 2.85. The van der Waals surface area contributed by atoms with E-state index in [0.717, 1.165) is 11.4 Å². The van der Waals surface area contributed by atoms with Gasteiger partial charge in [-0.3, -0.25) is 4.79 Å². The van der Waals surface area contributed by atoms with Gasteiger partial charge in [0.2, 0.25) is 5.88 Å². The summed E-state index contributed by atoms with van der Waals surface area (Å²) in [5, 5.41) is 0. The highest BCUT2D eigenvalue weighted by atomic mass is 16.5. The van der Waals surface area contributed by atoms with Crippen LogP contribution in [-0.4, -0.2) is 30.1 Å². The van der Waals surface area contributed by atoms with Gasteiger partial charge in [-0.1, -0.05) is 36.4 Å². The lowest BCUT2D eigenvalue weighted by Gasteiger charge is -2.24. The zero-order valence-electron chi connectivity index (χ0n) is 14.1. The highest BCUT2D eigenvalue weighted by Gasteiger charge is 2.31. The molecule has 0 saturated carbocycles. The van der Waals surface area contributed by atoms with Crippen molar-refractivity contribution in [1.82, 2.24) is 4.98 Å². The van der Waals surface area contributed by atoms with Gasteiger partial charge in [-0.25, -0.2) is 4.98 Å². The molecule has 3 aromatic rings. The zero-order valence-corrected chi connectivity index (χ0v) is 14.1. The van der Waals surface area contributed by atoms with E-state index in [2.05, 4.69) is 4.98 Å². The monoisotopic (exact) mass is 346 g/mol. The van der Waals surface area contributed by atoms with Crippen LogP contribution in [0.4, 0.5) is 5.69 Å². The number of hydrogen-bond donors (Lipinski definition) is 0. The van der Waals surface area contributed by atoms with Crippen molar-refractivity contribution in [2.24, 2.45) is 0 Å². The van der Waals surface area contributed by atoms with Crippen molar-refractivity contribution < 1.29 is 14.3 Å². The van der Waals surface area contributed by atoms with Crippen LogP contribution in [0, 0.1) is 0 Å². The molecule has 0 radical (unpaired) electrons. The summed E-state index contributed by atoms with van der Waals surface area (Å²) in [6.45, 7) is 0.697. The van der Waals surface area contributed by atoms with Crippen molar-refractivity contribution >= 4 is 11.6 Å². The number of rotatable bonds is 4. The lowest BCUT2D eigenvalue weighted by Crippen LogP contribution is -2.40. The highest BCUT2D eigenvalue weighted by Crippen LogP contribution is 2.26. The molecule has 0 bridgehead atoms. The van der Waals surface area contributed by atoms with Gasteiger partial charge in [-0.05, 0) is 36.4 Å². The molecule has 0 spiro atoms. The van der Waals surface area contributed by atoms with Crippen LogP contribution in [0.1, 0.15) is 10.4 Å². The van der Waals surface area contributed by atoms with Gasteiger partial charge in [-0.2, -0.15) is 0 Å². The Morgan fingerprint density at radius 1 is 1.00 bits per heavy atom. The molecule has 1 unspecified atom stereocenters. The summed E-state index contributed by atoms with van der Waals surface area (Å²) >= 11 is 0. The molecule has 0 saturated heterocycles. The molecule has 130 valence electrons. The van der Waals surface area contributed by atoms with E-state index in [0.29, 0.717) is 24.6 Å². The Labute approximate surface area is 151 Å². The van der Waals surface area contributed by atoms with Crippen molar-refractivity contribution in [2.75, 3.05) is 18.1 Å². The van der Waals surface area contributed by atoms with Crippen LogP contribution in [0.5, 0.6) is 11.6 Å². The van der Waals surface area contributed by atoms with E-state index in [1.54, 1.807) is 23.2 Å². The topological polar surface area (TPSA) is 51.7 Å². The molecular formula is C21H18N2O3. The molecule has 2 heterocycles. The van der Waals surface area contributed by atoms with E-state index in [1.807, 2.05) is 60.7 Å². The number of fused-ring (bicyclic) bond motifs is 1. The Kier molecular flexibility index (Phi) is 4.51. The van der Waals surface area contributed by atoms with E-state index in [1.165, 1.54) is 0 Å². The molecule has 5 heteroatoms. The smallest absolute Gasteiger partial charge is 0.263 e. The van der Waals surface area contributed by atoms with Gasteiger partial charge < -0.3 is 14.4 Å². The maximum absolute atomic E-state index is 13.0. The predicted octanol–water partition coefficient (Wildman–Crippen LogP) is 3.57. The van der Waals surface area contributed by atoms with Gasteiger partial charge in [-0.15, -0.1) is 0 Å². The molecule has 0 N–H and O–H groups in total. The van der Waals surface area contributed by atoms with Crippen LogP contribution in [-0.2, 0) is 0 Å². The molecule has 1 aliphatic rings. The molecule has 4 rings (SSSR count). The number of para-hydroxylation sites is 2. The number of hydrogen-bond acceptors (Lipinski definition) is 4. The SMILES string of the molecule is O=C1c2cccnc2OC(COc2ccccc2)CN1c1ccccc1. The van der Waals surface area contributed by atoms with Gasteiger partial charge in [0.25, 0.3) is 5.91 Å².